The minimum atomic E-state index is -0.173. The first kappa shape index (κ1) is 32.2. The van der Waals surface area contributed by atoms with Crippen molar-refractivity contribution in [1.82, 2.24) is 18.8 Å². The van der Waals surface area contributed by atoms with E-state index in [0.29, 0.717) is 71.3 Å². The molecule has 4 heterocycles. The van der Waals surface area contributed by atoms with Gasteiger partial charge in [0.1, 0.15) is 11.3 Å². The average molecular weight is 723 g/mol. The number of carbonyl (C=O) groups excluding carboxylic acids is 1. The maximum Gasteiger partial charge on any atom is 0.264 e. The highest BCUT2D eigenvalue weighted by Crippen LogP contribution is 2.45. The molecule has 0 unspecified atom stereocenters. The van der Waals surface area contributed by atoms with Gasteiger partial charge in [-0.3, -0.25) is 23.2 Å². The molecule has 0 aliphatic carbocycles. The molecule has 0 fully saturated rings. The van der Waals surface area contributed by atoms with Crippen molar-refractivity contribution in [3.8, 4) is 0 Å². The first-order valence-corrected chi connectivity index (χ1v) is 18.9. The minimum Gasteiger partial charge on any atom is -0.379 e. The van der Waals surface area contributed by atoms with Gasteiger partial charge in [0.25, 0.3) is 11.1 Å². The summed E-state index contributed by atoms with van der Waals surface area (Å²) in [6.45, 7) is 6.36. The largest absolute Gasteiger partial charge is 0.379 e. The van der Waals surface area contributed by atoms with Crippen LogP contribution in [0.1, 0.15) is 42.1 Å². The molecule has 0 atom stereocenters. The Balaban J connectivity index is 1.07. The molecule has 0 radical (unpaired) electrons. The van der Waals surface area contributed by atoms with Crippen molar-refractivity contribution in [3.05, 3.63) is 117 Å². The zero-order chi connectivity index (χ0) is 37.1. The SMILES string of the molecule is CCCOCCOCCCC(=O)c1ccc2nc3c4ccc5c6ccc7c8c(ccc(c9ccc(c(=O)n3c2c1)c4c95)c68)c(=O)n1c2ccc(C)cc2nc71. The third kappa shape index (κ3) is 4.45. The molecular weight excluding hydrogens is 689 g/mol. The van der Waals surface area contributed by atoms with E-state index in [9.17, 15) is 14.4 Å². The topological polar surface area (TPSA) is 104 Å². The van der Waals surface area contributed by atoms with Gasteiger partial charge in [-0.2, -0.15) is 0 Å². The molecular formula is C46H34N4O5. The van der Waals surface area contributed by atoms with Crippen molar-refractivity contribution < 1.29 is 14.3 Å². The number of aromatic nitrogens is 4. The van der Waals surface area contributed by atoms with Gasteiger partial charge in [0.2, 0.25) is 0 Å². The van der Waals surface area contributed by atoms with Crippen LogP contribution in [0.4, 0.5) is 0 Å². The summed E-state index contributed by atoms with van der Waals surface area (Å²) in [5.74, 6) is -0.00154. The van der Waals surface area contributed by atoms with Gasteiger partial charge in [-0.05, 0) is 112 Å². The lowest BCUT2D eigenvalue weighted by molar-refractivity contribution is 0.0463. The molecule has 11 aromatic rings. The molecule has 7 aromatic carbocycles. The van der Waals surface area contributed by atoms with E-state index in [1.54, 1.807) is 20.9 Å². The molecule has 0 saturated heterocycles. The number of hydrogen-bond donors (Lipinski definition) is 0. The Bertz CT molecular complexity index is 3490. The summed E-state index contributed by atoms with van der Waals surface area (Å²) in [5.41, 5.74) is 5.48. The lowest BCUT2D eigenvalue weighted by atomic mass is 9.86. The Kier molecular flexibility index (Phi) is 6.93. The predicted octanol–water partition coefficient (Wildman–Crippen LogP) is 8.96. The van der Waals surface area contributed by atoms with Crippen LogP contribution in [0.5, 0.6) is 0 Å². The molecule has 4 aromatic heterocycles. The van der Waals surface area contributed by atoms with Crippen molar-refractivity contribution >= 4 is 104 Å². The number of ether oxygens (including phenoxy) is 2. The molecule has 268 valence electrons. The summed E-state index contributed by atoms with van der Waals surface area (Å²) in [5, 5.41) is 10.9. The quantitative estimate of drug-likeness (QED) is 0.0601. The number of ketones is 1. The molecule has 0 aliphatic heterocycles. The predicted molar refractivity (Wildman–Crippen MR) is 220 cm³/mol. The summed E-state index contributed by atoms with van der Waals surface area (Å²) in [7, 11) is 0. The number of carbonyl (C=O) groups is 1. The molecule has 11 rings (SSSR count). The van der Waals surface area contributed by atoms with Crippen molar-refractivity contribution in [1.29, 1.82) is 0 Å². The third-order valence-corrected chi connectivity index (χ3v) is 11.4. The van der Waals surface area contributed by atoms with Gasteiger partial charge in [0.15, 0.2) is 5.78 Å². The second-order valence-electron chi connectivity index (χ2n) is 14.7. The van der Waals surface area contributed by atoms with Crippen molar-refractivity contribution in [2.75, 3.05) is 26.4 Å². The van der Waals surface area contributed by atoms with Gasteiger partial charge in [0.05, 0.1) is 35.3 Å². The minimum absolute atomic E-state index is 0.00154. The Hall–Kier alpha value is -6.29. The van der Waals surface area contributed by atoms with Crippen LogP contribution in [-0.4, -0.2) is 51.0 Å². The zero-order valence-electron chi connectivity index (χ0n) is 30.4. The van der Waals surface area contributed by atoms with Crippen LogP contribution in [0, 0.1) is 6.92 Å². The fourth-order valence-electron chi connectivity index (χ4n) is 9.02. The summed E-state index contributed by atoms with van der Waals surface area (Å²) < 4.78 is 14.5. The van der Waals surface area contributed by atoms with Crippen molar-refractivity contribution in [2.24, 2.45) is 0 Å². The van der Waals surface area contributed by atoms with E-state index in [2.05, 4.69) is 37.3 Å². The number of pyridine rings is 2. The standard InChI is InChI=1S/C46H34N4O5/c1-3-18-54-20-21-55-19-4-5-38(51)25-7-16-34-37(23-25)50-43(47-34)30-12-8-26-27-9-13-31-42-32(45(52)49-36-17-6-24(2)22-35(36)48-44(31)49)14-10-28(40(27)42)29-11-15-33(46(50)53)41(30)39(26)29/h6-17,22-23H,3-5,18-21H2,1-2H3. The Labute approximate surface area is 312 Å². The van der Waals surface area contributed by atoms with Crippen LogP contribution in [0.15, 0.2) is 94.5 Å². The maximum atomic E-state index is 14.5. The Morgan fingerprint density at radius 3 is 1.71 bits per heavy atom. The normalized spacial score (nSPS) is 12.7. The lowest BCUT2D eigenvalue weighted by Gasteiger charge is -2.18. The van der Waals surface area contributed by atoms with E-state index in [-0.39, 0.29) is 16.9 Å². The van der Waals surface area contributed by atoms with E-state index in [1.807, 2.05) is 49.4 Å². The van der Waals surface area contributed by atoms with Crippen LogP contribution in [-0.2, 0) is 9.47 Å². The highest BCUT2D eigenvalue weighted by molar-refractivity contribution is 6.40. The van der Waals surface area contributed by atoms with Gasteiger partial charge in [-0.15, -0.1) is 0 Å². The van der Waals surface area contributed by atoms with Crippen LogP contribution >= 0.6 is 0 Å². The second kappa shape index (κ2) is 11.9. The molecule has 0 spiro atoms. The summed E-state index contributed by atoms with van der Waals surface area (Å²) in [6, 6.07) is 27.8. The second-order valence-corrected chi connectivity index (χ2v) is 14.7. The number of hydrogen-bond acceptors (Lipinski definition) is 7. The first-order valence-electron chi connectivity index (χ1n) is 18.9. The van der Waals surface area contributed by atoms with Crippen LogP contribution in [0.3, 0.4) is 0 Å². The highest BCUT2D eigenvalue weighted by atomic mass is 16.5. The molecule has 55 heavy (non-hydrogen) atoms. The maximum absolute atomic E-state index is 14.5. The molecule has 0 aliphatic rings. The number of nitrogens with zero attached hydrogens (tertiary/aromatic N) is 4. The molecule has 9 heteroatoms. The number of imidazole rings is 2. The van der Waals surface area contributed by atoms with E-state index < -0.39 is 0 Å². The number of fused-ring (bicyclic) bond motifs is 10. The third-order valence-electron chi connectivity index (χ3n) is 11.4. The van der Waals surface area contributed by atoms with Gasteiger partial charge < -0.3 is 9.47 Å². The summed E-state index contributed by atoms with van der Waals surface area (Å²) >= 11 is 0. The Morgan fingerprint density at radius 2 is 1.09 bits per heavy atom. The van der Waals surface area contributed by atoms with Crippen LogP contribution in [0.2, 0.25) is 0 Å². The average Bonchev–Trinajstić information content (AvgIpc) is 3.78. The number of Topliss-reactive ketones (excluding diaryl/α,β-unsaturated/α-hetero) is 1. The summed E-state index contributed by atoms with van der Waals surface area (Å²) in [4.78, 5) is 51.9. The van der Waals surface area contributed by atoms with Gasteiger partial charge in [0, 0.05) is 57.5 Å². The molecule has 0 amide bonds. The van der Waals surface area contributed by atoms with E-state index >= 15 is 0 Å². The fourth-order valence-corrected chi connectivity index (χ4v) is 9.02. The molecule has 0 bridgehead atoms. The van der Waals surface area contributed by atoms with E-state index in [1.165, 1.54) is 0 Å². The van der Waals surface area contributed by atoms with Gasteiger partial charge >= 0.3 is 0 Å². The molecule has 0 N–H and O–H groups in total. The van der Waals surface area contributed by atoms with Crippen molar-refractivity contribution in [3.63, 3.8) is 0 Å². The van der Waals surface area contributed by atoms with E-state index in [4.69, 9.17) is 19.4 Å². The van der Waals surface area contributed by atoms with Crippen LogP contribution in [0.25, 0.3) is 98.0 Å². The zero-order valence-corrected chi connectivity index (χ0v) is 30.4. The monoisotopic (exact) mass is 722 g/mol. The highest BCUT2D eigenvalue weighted by Gasteiger charge is 2.24. The van der Waals surface area contributed by atoms with Crippen LogP contribution < -0.4 is 11.1 Å². The Morgan fingerprint density at radius 1 is 0.564 bits per heavy atom. The number of rotatable bonds is 10. The van der Waals surface area contributed by atoms with E-state index in [0.717, 1.165) is 83.5 Å². The number of benzene rings is 7. The lowest BCUT2D eigenvalue weighted by Crippen LogP contribution is -2.14. The fraction of sp³-hybridized carbons (Fsp3) is 0.196. The molecule has 0 saturated carbocycles. The number of aryl methyl sites for hydroxylation is 1. The van der Waals surface area contributed by atoms with Gasteiger partial charge in [-0.1, -0.05) is 37.3 Å². The molecule has 9 nitrogen and oxygen atoms in total. The smallest absolute Gasteiger partial charge is 0.264 e. The first-order chi connectivity index (χ1) is 26.9. The van der Waals surface area contributed by atoms with Crippen molar-refractivity contribution in [2.45, 2.75) is 33.1 Å². The van der Waals surface area contributed by atoms with Gasteiger partial charge in [-0.25, -0.2) is 9.97 Å². The summed E-state index contributed by atoms with van der Waals surface area (Å²) in [6.07, 6.45) is 1.92.